The van der Waals surface area contributed by atoms with Crippen LogP contribution in [0.1, 0.15) is 316 Å². The van der Waals surface area contributed by atoms with Crippen molar-refractivity contribution in [1.82, 2.24) is 0 Å². The van der Waals surface area contributed by atoms with E-state index in [4.69, 9.17) is 14.2 Å². The van der Waals surface area contributed by atoms with Crippen molar-refractivity contribution in [3.63, 3.8) is 0 Å². The fourth-order valence-corrected chi connectivity index (χ4v) is 8.87. The van der Waals surface area contributed by atoms with Crippen molar-refractivity contribution in [3.8, 4) is 0 Å². The van der Waals surface area contributed by atoms with Crippen LogP contribution < -0.4 is 0 Å². The zero-order valence-electron chi connectivity index (χ0n) is 46.1. The van der Waals surface area contributed by atoms with Crippen molar-refractivity contribution >= 4 is 17.9 Å². The lowest BCUT2D eigenvalue weighted by molar-refractivity contribution is -0.166. The molecule has 0 spiro atoms. The zero-order valence-corrected chi connectivity index (χ0v) is 46.1. The molecule has 0 saturated carbocycles. The fourth-order valence-electron chi connectivity index (χ4n) is 8.87. The number of unbranched alkanes of at least 4 members (excludes halogenated alkanes) is 36. The van der Waals surface area contributed by atoms with Gasteiger partial charge in [0.25, 0.3) is 0 Å². The van der Waals surface area contributed by atoms with Gasteiger partial charge in [0.15, 0.2) is 6.10 Å². The van der Waals surface area contributed by atoms with Crippen LogP contribution in [0.15, 0.2) is 48.6 Å². The lowest BCUT2D eigenvalue weighted by atomic mass is 10.0. The van der Waals surface area contributed by atoms with Crippen LogP contribution in [0.4, 0.5) is 0 Å². The molecule has 1 unspecified atom stereocenters. The third kappa shape index (κ3) is 56.2. The molecule has 402 valence electrons. The van der Waals surface area contributed by atoms with Crippen molar-refractivity contribution in [2.45, 2.75) is 322 Å². The highest BCUT2D eigenvalue weighted by Gasteiger charge is 2.19. The van der Waals surface area contributed by atoms with Gasteiger partial charge in [-0.3, -0.25) is 14.4 Å². The molecule has 0 aromatic carbocycles. The lowest BCUT2D eigenvalue weighted by Crippen LogP contribution is -2.30. The quantitative estimate of drug-likeness (QED) is 0.0262. The van der Waals surface area contributed by atoms with Crippen molar-refractivity contribution in [1.29, 1.82) is 0 Å². The number of allylic oxidation sites excluding steroid dienone is 8. The summed E-state index contributed by atoms with van der Waals surface area (Å²) in [6.45, 7) is 6.43. The van der Waals surface area contributed by atoms with Crippen LogP contribution in [0, 0.1) is 0 Å². The van der Waals surface area contributed by atoms with E-state index in [1.807, 2.05) is 12.2 Å². The molecule has 0 aliphatic carbocycles. The van der Waals surface area contributed by atoms with Gasteiger partial charge in [-0.05, 0) is 44.9 Å². The van der Waals surface area contributed by atoms with Crippen molar-refractivity contribution < 1.29 is 28.6 Å². The highest BCUT2D eigenvalue weighted by Crippen LogP contribution is 2.18. The second-order valence-corrected chi connectivity index (χ2v) is 20.2. The summed E-state index contributed by atoms with van der Waals surface area (Å²) in [5.41, 5.74) is 0. The monoisotopic (exact) mass is 967 g/mol. The maximum Gasteiger partial charge on any atom is 0.306 e. The Hall–Kier alpha value is -2.63. The molecule has 6 nitrogen and oxygen atoms in total. The molecular weight excluding hydrogens is 853 g/mol. The molecule has 0 amide bonds. The topological polar surface area (TPSA) is 78.9 Å². The van der Waals surface area contributed by atoms with Gasteiger partial charge >= 0.3 is 17.9 Å². The van der Waals surface area contributed by atoms with Gasteiger partial charge in [-0.2, -0.15) is 0 Å². The van der Waals surface area contributed by atoms with Gasteiger partial charge in [-0.25, -0.2) is 0 Å². The zero-order chi connectivity index (χ0) is 50.0. The molecule has 0 aliphatic rings. The molecule has 69 heavy (non-hydrogen) atoms. The van der Waals surface area contributed by atoms with Crippen LogP contribution in [0.2, 0.25) is 0 Å². The van der Waals surface area contributed by atoms with E-state index in [1.165, 1.54) is 205 Å². The average molecular weight is 968 g/mol. The maximum atomic E-state index is 12.7. The largest absolute Gasteiger partial charge is 0.462 e. The Bertz CT molecular complexity index is 1200. The normalized spacial score (nSPS) is 12.3. The number of carbonyl (C=O) groups is 3. The molecule has 0 aromatic rings. The number of rotatable bonds is 55. The number of carbonyl (C=O) groups excluding carboxylic acids is 3. The summed E-state index contributed by atoms with van der Waals surface area (Å²) in [5, 5.41) is 0. The molecule has 0 rings (SSSR count). The molecule has 6 heteroatoms. The van der Waals surface area contributed by atoms with E-state index < -0.39 is 6.10 Å². The predicted octanol–water partition coefficient (Wildman–Crippen LogP) is 20.2. The minimum Gasteiger partial charge on any atom is -0.462 e. The first-order chi connectivity index (χ1) is 34.0. The minimum atomic E-state index is -0.805. The molecule has 0 fully saturated rings. The summed E-state index contributed by atoms with van der Waals surface area (Å²) < 4.78 is 16.6. The summed E-state index contributed by atoms with van der Waals surface area (Å²) >= 11 is 0. The predicted molar refractivity (Wildman–Crippen MR) is 298 cm³/mol. The average Bonchev–Trinajstić information content (AvgIpc) is 3.35. The van der Waals surface area contributed by atoms with Crippen molar-refractivity contribution in [3.05, 3.63) is 48.6 Å². The molecule has 0 heterocycles. The highest BCUT2D eigenvalue weighted by molar-refractivity contribution is 5.71. The smallest absolute Gasteiger partial charge is 0.306 e. The standard InChI is InChI=1S/C63H114O6/c1-4-7-10-13-16-18-20-22-23-24-25-26-27-28-29-30-31-32-33-34-35-36-37-38-39-40-42-43-45-47-50-53-56-62(65)68-59-60(58-67-61(64)55-52-49-15-12-9-6-3)69-63(66)57-54-51-48-46-44-41-21-19-17-14-11-8-5-2/h8,11,17,19,41,44,48,51,60H,4-7,9-10,12-16,18,20-40,42-43,45-47,49-50,52-59H2,1-3H3/b11-8-,19-17-,44-41-,51-48-. The van der Waals surface area contributed by atoms with E-state index in [0.29, 0.717) is 19.3 Å². The third-order valence-corrected chi connectivity index (χ3v) is 13.4. The maximum absolute atomic E-state index is 12.7. The number of hydrogen-bond acceptors (Lipinski definition) is 6. The summed E-state index contributed by atoms with van der Waals surface area (Å²) in [6, 6.07) is 0. The first-order valence-electron chi connectivity index (χ1n) is 30.1. The Morgan fingerprint density at radius 1 is 0.304 bits per heavy atom. The van der Waals surface area contributed by atoms with E-state index in [-0.39, 0.29) is 37.5 Å². The Morgan fingerprint density at radius 2 is 0.565 bits per heavy atom. The van der Waals surface area contributed by atoms with Gasteiger partial charge in [0.1, 0.15) is 13.2 Å². The highest BCUT2D eigenvalue weighted by atomic mass is 16.6. The Kier molecular flexibility index (Phi) is 55.7. The van der Waals surface area contributed by atoms with Crippen LogP contribution in [-0.4, -0.2) is 37.2 Å². The Morgan fingerprint density at radius 3 is 0.855 bits per heavy atom. The van der Waals surface area contributed by atoms with Crippen LogP contribution >= 0.6 is 0 Å². The summed E-state index contributed by atoms with van der Waals surface area (Å²) in [5.74, 6) is -0.981. The molecule has 0 bridgehead atoms. The van der Waals surface area contributed by atoms with Gasteiger partial charge in [0.05, 0.1) is 0 Å². The Balaban J connectivity index is 3.93. The number of hydrogen-bond donors (Lipinski definition) is 0. The molecule has 1 atom stereocenters. The molecule has 0 aliphatic heterocycles. The van der Waals surface area contributed by atoms with Gasteiger partial charge in [-0.15, -0.1) is 0 Å². The summed E-state index contributed by atoms with van der Waals surface area (Å²) in [6.07, 6.45) is 72.0. The summed E-state index contributed by atoms with van der Waals surface area (Å²) in [4.78, 5) is 37.7. The van der Waals surface area contributed by atoms with Crippen molar-refractivity contribution in [2.24, 2.45) is 0 Å². The minimum absolute atomic E-state index is 0.0987. The van der Waals surface area contributed by atoms with Gasteiger partial charge in [0.2, 0.25) is 0 Å². The second-order valence-electron chi connectivity index (χ2n) is 20.2. The fraction of sp³-hybridized carbons (Fsp3) is 0.825. The van der Waals surface area contributed by atoms with E-state index in [1.54, 1.807) is 0 Å². The lowest BCUT2D eigenvalue weighted by Gasteiger charge is -2.18. The van der Waals surface area contributed by atoms with Crippen LogP contribution in [0.3, 0.4) is 0 Å². The Labute approximate surface area is 428 Å². The first kappa shape index (κ1) is 66.4. The summed E-state index contributed by atoms with van der Waals surface area (Å²) in [7, 11) is 0. The molecule has 0 aromatic heterocycles. The van der Waals surface area contributed by atoms with E-state index in [2.05, 4.69) is 57.2 Å². The van der Waals surface area contributed by atoms with Crippen molar-refractivity contribution in [2.75, 3.05) is 13.2 Å². The number of esters is 3. The van der Waals surface area contributed by atoms with E-state index in [0.717, 1.165) is 64.2 Å². The van der Waals surface area contributed by atoms with Gasteiger partial charge in [0, 0.05) is 19.3 Å². The van der Waals surface area contributed by atoms with Crippen LogP contribution in [0.25, 0.3) is 0 Å². The second kappa shape index (κ2) is 57.9. The molecule has 0 N–H and O–H groups in total. The third-order valence-electron chi connectivity index (χ3n) is 13.4. The molecule has 0 saturated heterocycles. The van der Waals surface area contributed by atoms with E-state index in [9.17, 15) is 14.4 Å². The van der Waals surface area contributed by atoms with Crippen LogP contribution in [0.5, 0.6) is 0 Å². The molecular formula is C63H114O6. The SMILES string of the molecule is CC/C=C\C/C=C\C/C=C\C/C=C\CCC(=O)OC(COC(=O)CCCCCCCC)COC(=O)CCCCCCCCCCCCCCCCCCCCCCCCCCCCCCCCCC. The molecule has 0 radical (unpaired) electrons. The number of ether oxygens (including phenoxy) is 3. The van der Waals surface area contributed by atoms with Gasteiger partial charge < -0.3 is 14.2 Å². The van der Waals surface area contributed by atoms with E-state index >= 15 is 0 Å². The van der Waals surface area contributed by atoms with Crippen LogP contribution in [-0.2, 0) is 28.6 Å². The van der Waals surface area contributed by atoms with Gasteiger partial charge in [-0.1, -0.05) is 301 Å². The first-order valence-corrected chi connectivity index (χ1v) is 30.1.